The minimum absolute atomic E-state index is 0.690. The number of hydrogen-bond donors (Lipinski definition) is 3. The van der Waals surface area contributed by atoms with E-state index >= 15 is 0 Å². The number of aromatic nitrogens is 2. The summed E-state index contributed by atoms with van der Waals surface area (Å²) in [5.74, 6) is 0.818. The van der Waals surface area contributed by atoms with E-state index in [2.05, 4.69) is 49.6 Å². The van der Waals surface area contributed by atoms with E-state index in [-0.39, 0.29) is 0 Å². The SMILES string of the molecule is CCNC(=NCc1ccsc1)NCc1ccn[nH]1. The van der Waals surface area contributed by atoms with Crippen LogP contribution in [-0.2, 0) is 13.1 Å². The maximum atomic E-state index is 4.52. The van der Waals surface area contributed by atoms with Gasteiger partial charge in [-0.2, -0.15) is 16.4 Å². The monoisotopic (exact) mass is 263 g/mol. The highest BCUT2D eigenvalue weighted by atomic mass is 32.1. The van der Waals surface area contributed by atoms with E-state index in [1.54, 1.807) is 17.5 Å². The highest BCUT2D eigenvalue weighted by molar-refractivity contribution is 7.07. The molecule has 0 bridgehead atoms. The van der Waals surface area contributed by atoms with Crippen LogP contribution in [0.25, 0.3) is 0 Å². The molecule has 0 aliphatic rings. The van der Waals surface area contributed by atoms with Gasteiger partial charge in [0.05, 0.1) is 18.8 Å². The zero-order chi connectivity index (χ0) is 12.6. The number of hydrogen-bond acceptors (Lipinski definition) is 3. The Morgan fingerprint density at radius 2 is 2.39 bits per heavy atom. The molecular weight excluding hydrogens is 246 g/mol. The molecule has 96 valence electrons. The molecule has 3 N–H and O–H groups in total. The Bertz CT molecular complexity index is 461. The molecule has 0 aromatic carbocycles. The number of nitrogens with zero attached hydrogens (tertiary/aromatic N) is 2. The van der Waals surface area contributed by atoms with Crippen LogP contribution in [0, 0.1) is 0 Å². The molecule has 0 fully saturated rings. The van der Waals surface area contributed by atoms with Crippen molar-refractivity contribution in [1.82, 2.24) is 20.8 Å². The number of guanidine groups is 1. The van der Waals surface area contributed by atoms with Crippen molar-refractivity contribution in [1.29, 1.82) is 0 Å². The van der Waals surface area contributed by atoms with E-state index in [9.17, 15) is 0 Å². The number of H-pyrrole nitrogens is 1. The number of aliphatic imine (C=N–C) groups is 1. The third-order valence-corrected chi connectivity index (χ3v) is 3.08. The lowest BCUT2D eigenvalue weighted by atomic mass is 10.3. The number of thiophene rings is 1. The Kier molecular flexibility index (Phi) is 4.78. The summed E-state index contributed by atoms with van der Waals surface area (Å²) in [5.41, 5.74) is 2.27. The van der Waals surface area contributed by atoms with Crippen molar-refractivity contribution in [3.8, 4) is 0 Å². The zero-order valence-corrected chi connectivity index (χ0v) is 11.1. The van der Waals surface area contributed by atoms with Gasteiger partial charge in [0.15, 0.2) is 5.96 Å². The summed E-state index contributed by atoms with van der Waals surface area (Å²) in [7, 11) is 0. The van der Waals surface area contributed by atoms with Crippen molar-refractivity contribution in [2.24, 2.45) is 4.99 Å². The van der Waals surface area contributed by atoms with Gasteiger partial charge in [0.25, 0.3) is 0 Å². The quantitative estimate of drug-likeness (QED) is 0.568. The van der Waals surface area contributed by atoms with E-state index in [0.717, 1.165) is 18.2 Å². The first-order valence-electron chi connectivity index (χ1n) is 5.90. The maximum absolute atomic E-state index is 4.52. The Balaban J connectivity index is 1.88. The van der Waals surface area contributed by atoms with Gasteiger partial charge in [0, 0.05) is 12.7 Å². The van der Waals surface area contributed by atoms with Crippen LogP contribution in [-0.4, -0.2) is 22.7 Å². The molecule has 0 saturated carbocycles. The van der Waals surface area contributed by atoms with Crippen molar-refractivity contribution in [3.05, 3.63) is 40.3 Å². The van der Waals surface area contributed by atoms with Crippen LogP contribution < -0.4 is 10.6 Å². The van der Waals surface area contributed by atoms with Gasteiger partial charge in [-0.05, 0) is 35.4 Å². The fourth-order valence-electron chi connectivity index (χ4n) is 1.46. The lowest BCUT2D eigenvalue weighted by Gasteiger charge is -2.09. The summed E-state index contributed by atoms with van der Waals surface area (Å²) in [5, 5.41) is 17.5. The molecule has 0 aliphatic carbocycles. The van der Waals surface area contributed by atoms with Gasteiger partial charge in [0.1, 0.15) is 0 Å². The van der Waals surface area contributed by atoms with Gasteiger partial charge in [-0.25, -0.2) is 4.99 Å². The third kappa shape index (κ3) is 3.89. The minimum Gasteiger partial charge on any atom is -0.357 e. The summed E-state index contributed by atoms with van der Waals surface area (Å²) >= 11 is 1.69. The maximum Gasteiger partial charge on any atom is 0.191 e. The van der Waals surface area contributed by atoms with Crippen LogP contribution in [0.5, 0.6) is 0 Å². The molecular formula is C12H17N5S. The average molecular weight is 263 g/mol. The van der Waals surface area contributed by atoms with E-state index < -0.39 is 0 Å². The van der Waals surface area contributed by atoms with Crippen LogP contribution in [0.3, 0.4) is 0 Å². The molecule has 0 atom stereocenters. The molecule has 2 aromatic rings. The average Bonchev–Trinajstić information content (AvgIpc) is 3.05. The van der Waals surface area contributed by atoms with E-state index in [4.69, 9.17) is 0 Å². The highest BCUT2D eigenvalue weighted by Crippen LogP contribution is 2.06. The van der Waals surface area contributed by atoms with Crippen molar-refractivity contribution >= 4 is 17.3 Å². The van der Waals surface area contributed by atoms with Crippen molar-refractivity contribution in [3.63, 3.8) is 0 Å². The Hall–Kier alpha value is -1.82. The number of nitrogens with one attached hydrogen (secondary N) is 3. The fraction of sp³-hybridized carbons (Fsp3) is 0.333. The van der Waals surface area contributed by atoms with Gasteiger partial charge in [0.2, 0.25) is 0 Å². The molecule has 6 heteroatoms. The van der Waals surface area contributed by atoms with Gasteiger partial charge in [-0.1, -0.05) is 0 Å². The highest BCUT2D eigenvalue weighted by Gasteiger charge is 1.99. The summed E-state index contributed by atoms with van der Waals surface area (Å²) < 4.78 is 0. The van der Waals surface area contributed by atoms with E-state index in [1.165, 1.54) is 5.56 Å². The molecule has 2 heterocycles. The molecule has 2 aromatic heterocycles. The molecule has 18 heavy (non-hydrogen) atoms. The van der Waals surface area contributed by atoms with Crippen molar-refractivity contribution in [2.75, 3.05) is 6.54 Å². The van der Waals surface area contributed by atoms with Crippen LogP contribution in [0.4, 0.5) is 0 Å². The lowest BCUT2D eigenvalue weighted by Crippen LogP contribution is -2.36. The summed E-state index contributed by atoms with van der Waals surface area (Å²) in [6, 6.07) is 4.03. The molecule has 0 amide bonds. The van der Waals surface area contributed by atoms with Gasteiger partial charge >= 0.3 is 0 Å². The first-order chi connectivity index (χ1) is 8.88. The largest absolute Gasteiger partial charge is 0.357 e. The van der Waals surface area contributed by atoms with Crippen molar-refractivity contribution in [2.45, 2.75) is 20.0 Å². The third-order valence-electron chi connectivity index (χ3n) is 2.35. The topological polar surface area (TPSA) is 65.1 Å². The molecule has 0 unspecified atom stereocenters. The summed E-state index contributed by atoms with van der Waals surface area (Å²) in [6.07, 6.45) is 1.74. The normalized spacial score (nSPS) is 11.5. The zero-order valence-electron chi connectivity index (χ0n) is 10.3. The molecule has 2 rings (SSSR count). The standard InChI is InChI=1S/C12H17N5S/c1-2-13-12(14-7-10-4-6-18-9-10)15-8-11-3-5-16-17-11/h3-6,9H,2,7-8H2,1H3,(H,16,17)(H2,13,14,15). The molecule has 0 saturated heterocycles. The lowest BCUT2D eigenvalue weighted by molar-refractivity contribution is 0.795. The van der Waals surface area contributed by atoms with Crippen LogP contribution in [0.1, 0.15) is 18.2 Å². The smallest absolute Gasteiger partial charge is 0.191 e. The molecule has 0 radical (unpaired) electrons. The minimum atomic E-state index is 0.690. The van der Waals surface area contributed by atoms with Crippen LogP contribution in [0.15, 0.2) is 34.1 Å². The predicted octanol–water partition coefficient (Wildman–Crippen LogP) is 1.73. The van der Waals surface area contributed by atoms with Crippen LogP contribution >= 0.6 is 11.3 Å². The summed E-state index contributed by atoms with van der Waals surface area (Å²) in [6.45, 7) is 4.29. The Labute approximate surface area is 110 Å². The summed E-state index contributed by atoms with van der Waals surface area (Å²) in [4.78, 5) is 4.52. The first kappa shape index (κ1) is 12.6. The first-order valence-corrected chi connectivity index (χ1v) is 6.84. The predicted molar refractivity (Wildman–Crippen MR) is 74.6 cm³/mol. The van der Waals surface area contributed by atoms with Gasteiger partial charge < -0.3 is 10.6 Å². The second-order valence-electron chi connectivity index (χ2n) is 3.76. The fourth-order valence-corrected chi connectivity index (χ4v) is 2.12. The molecule has 0 spiro atoms. The molecule has 0 aliphatic heterocycles. The molecule has 5 nitrogen and oxygen atoms in total. The van der Waals surface area contributed by atoms with Gasteiger partial charge in [-0.3, -0.25) is 5.10 Å². The van der Waals surface area contributed by atoms with E-state index in [0.29, 0.717) is 13.1 Å². The van der Waals surface area contributed by atoms with E-state index in [1.807, 2.05) is 6.07 Å². The Morgan fingerprint density at radius 3 is 3.06 bits per heavy atom. The van der Waals surface area contributed by atoms with Crippen molar-refractivity contribution < 1.29 is 0 Å². The number of rotatable bonds is 5. The van der Waals surface area contributed by atoms with Gasteiger partial charge in [-0.15, -0.1) is 0 Å². The second-order valence-corrected chi connectivity index (χ2v) is 4.54. The Morgan fingerprint density at radius 1 is 1.44 bits per heavy atom. The van der Waals surface area contributed by atoms with Crippen LogP contribution in [0.2, 0.25) is 0 Å². The second kappa shape index (κ2) is 6.80. The number of aromatic amines is 1.